The van der Waals surface area contributed by atoms with E-state index in [9.17, 15) is 4.39 Å². The predicted octanol–water partition coefficient (Wildman–Crippen LogP) is 4.06. The smallest absolute Gasteiger partial charge is 0.148 e. The highest BCUT2D eigenvalue weighted by Crippen LogP contribution is 2.32. The van der Waals surface area contributed by atoms with Gasteiger partial charge in [0.05, 0.1) is 16.8 Å². The van der Waals surface area contributed by atoms with Crippen LogP contribution < -0.4 is 5.32 Å². The second-order valence-corrected chi connectivity index (χ2v) is 5.80. The van der Waals surface area contributed by atoms with E-state index < -0.39 is 5.82 Å². The Morgan fingerprint density at radius 1 is 1.45 bits per heavy atom. The van der Waals surface area contributed by atoms with Gasteiger partial charge in [-0.1, -0.05) is 24.6 Å². The Morgan fingerprint density at radius 3 is 2.80 bits per heavy atom. The summed E-state index contributed by atoms with van der Waals surface area (Å²) in [7, 11) is 1.84. The molecule has 20 heavy (non-hydrogen) atoms. The first-order valence-corrected chi connectivity index (χ1v) is 7.58. The molecule has 1 unspecified atom stereocenters. The highest BCUT2D eigenvalue weighted by atomic mass is 79.9. The van der Waals surface area contributed by atoms with Crippen molar-refractivity contribution in [1.29, 1.82) is 0 Å². The zero-order valence-electron chi connectivity index (χ0n) is 11.3. The van der Waals surface area contributed by atoms with Crippen molar-refractivity contribution in [3.63, 3.8) is 0 Å². The van der Waals surface area contributed by atoms with Gasteiger partial charge in [0.2, 0.25) is 0 Å². The van der Waals surface area contributed by atoms with Crippen LogP contribution in [0.3, 0.4) is 0 Å². The molecule has 0 aliphatic carbocycles. The molecule has 0 saturated heterocycles. The average molecular weight is 361 g/mol. The molecule has 0 radical (unpaired) electrons. The summed E-state index contributed by atoms with van der Waals surface area (Å²) >= 11 is 9.21. The largest absolute Gasteiger partial charge is 0.305 e. The minimum Gasteiger partial charge on any atom is -0.305 e. The molecule has 2 aromatic rings. The maximum Gasteiger partial charge on any atom is 0.148 e. The normalized spacial score (nSPS) is 12.7. The second kappa shape index (κ2) is 6.70. The van der Waals surface area contributed by atoms with Crippen molar-refractivity contribution in [2.45, 2.75) is 19.4 Å². The molecule has 0 amide bonds. The number of aryl methyl sites for hydroxylation is 1. The fraction of sp³-hybridized carbons (Fsp3) is 0.357. The van der Waals surface area contributed by atoms with Crippen molar-refractivity contribution in [2.24, 2.45) is 7.05 Å². The molecular formula is C14H16BrClFN3. The minimum atomic E-state index is -0.416. The summed E-state index contributed by atoms with van der Waals surface area (Å²) in [6.45, 7) is 2.84. The molecule has 0 spiro atoms. The molecule has 0 saturated carbocycles. The molecule has 2 rings (SSSR count). The number of hydrogen-bond acceptors (Lipinski definition) is 2. The summed E-state index contributed by atoms with van der Waals surface area (Å²) < 4.78 is 16.7. The molecule has 1 N–H and O–H groups in total. The van der Waals surface area contributed by atoms with E-state index in [1.54, 1.807) is 16.8 Å². The van der Waals surface area contributed by atoms with Crippen LogP contribution in [0.4, 0.5) is 4.39 Å². The van der Waals surface area contributed by atoms with Crippen LogP contribution in [0.1, 0.15) is 30.6 Å². The Morgan fingerprint density at radius 2 is 2.20 bits per heavy atom. The van der Waals surface area contributed by atoms with Crippen molar-refractivity contribution in [2.75, 3.05) is 6.54 Å². The van der Waals surface area contributed by atoms with E-state index in [0.29, 0.717) is 10.0 Å². The topological polar surface area (TPSA) is 29.9 Å². The van der Waals surface area contributed by atoms with Crippen LogP contribution in [0.2, 0.25) is 5.02 Å². The van der Waals surface area contributed by atoms with Crippen LogP contribution in [0.25, 0.3) is 0 Å². The standard InChI is InChI=1S/C14H16BrClFN3/c1-3-7-18-14(11-6-8-20(2)19-11)9-4-5-10(15)12(16)13(9)17/h4-6,8,14,18H,3,7H2,1-2H3. The van der Waals surface area contributed by atoms with Gasteiger partial charge in [0.15, 0.2) is 0 Å². The van der Waals surface area contributed by atoms with Crippen molar-refractivity contribution in [1.82, 2.24) is 15.1 Å². The Hall–Kier alpha value is -0.910. The maximum atomic E-state index is 14.4. The van der Waals surface area contributed by atoms with E-state index >= 15 is 0 Å². The van der Waals surface area contributed by atoms with Gasteiger partial charge in [-0.15, -0.1) is 0 Å². The molecule has 1 aromatic heterocycles. The molecule has 6 heteroatoms. The number of rotatable bonds is 5. The van der Waals surface area contributed by atoms with Gasteiger partial charge in [-0.2, -0.15) is 5.10 Å². The number of halogens is 3. The van der Waals surface area contributed by atoms with Gasteiger partial charge < -0.3 is 5.32 Å². The van der Waals surface area contributed by atoms with Crippen molar-refractivity contribution < 1.29 is 4.39 Å². The van der Waals surface area contributed by atoms with Crippen LogP contribution in [-0.2, 0) is 7.05 Å². The predicted molar refractivity (Wildman–Crippen MR) is 82.5 cm³/mol. The molecule has 108 valence electrons. The van der Waals surface area contributed by atoms with Gasteiger partial charge in [0, 0.05) is 23.3 Å². The summed E-state index contributed by atoms with van der Waals surface area (Å²) in [5, 5.41) is 7.78. The molecule has 0 fully saturated rings. The third-order valence-corrected chi connectivity index (χ3v) is 4.26. The number of aromatic nitrogens is 2. The van der Waals surface area contributed by atoms with E-state index in [0.717, 1.165) is 18.7 Å². The van der Waals surface area contributed by atoms with Crippen LogP contribution >= 0.6 is 27.5 Å². The molecule has 0 aliphatic heterocycles. The molecule has 1 atom stereocenters. The van der Waals surface area contributed by atoms with Gasteiger partial charge in [0.1, 0.15) is 5.82 Å². The van der Waals surface area contributed by atoms with Crippen LogP contribution in [0.15, 0.2) is 28.9 Å². The first kappa shape index (κ1) is 15.5. The lowest BCUT2D eigenvalue weighted by molar-refractivity contribution is 0.533. The van der Waals surface area contributed by atoms with E-state index in [1.807, 2.05) is 19.3 Å². The van der Waals surface area contributed by atoms with Crippen LogP contribution in [0, 0.1) is 5.82 Å². The Balaban J connectivity index is 2.43. The molecular weight excluding hydrogens is 345 g/mol. The summed E-state index contributed by atoms with van der Waals surface area (Å²) in [5.74, 6) is -0.416. The van der Waals surface area contributed by atoms with Crippen molar-refractivity contribution in [3.05, 3.63) is 51.0 Å². The Labute approximate surface area is 131 Å². The maximum absolute atomic E-state index is 14.4. The first-order chi connectivity index (χ1) is 9.54. The average Bonchev–Trinajstić information content (AvgIpc) is 2.85. The van der Waals surface area contributed by atoms with Crippen molar-refractivity contribution in [3.8, 4) is 0 Å². The number of hydrogen-bond donors (Lipinski definition) is 1. The van der Waals surface area contributed by atoms with Gasteiger partial charge in [0.25, 0.3) is 0 Å². The third-order valence-electron chi connectivity index (χ3n) is 3.00. The number of benzene rings is 1. The van der Waals surface area contributed by atoms with Crippen LogP contribution in [0.5, 0.6) is 0 Å². The highest BCUT2D eigenvalue weighted by molar-refractivity contribution is 9.10. The fourth-order valence-electron chi connectivity index (χ4n) is 2.01. The van der Waals surface area contributed by atoms with E-state index in [2.05, 4.69) is 33.3 Å². The quantitative estimate of drug-likeness (QED) is 0.815. The molecule has 0 bridgehead atoms. The molecule has 1 aromatic carbocycles. The van der Waals surface area contributed by atoms with Gasteiger partial charge in [-0.25, -0.2) is 4.39 Å². The van der Waals surface area contributed by atoms with Crippen molar-refractivity contribution >= 4 is 27.5 Å². The van der Waals surface area contributed by atoms with E-state index in [-0.39, 0.29) is 11.1 Å². The Kier molecular flexibility index (Phi) is 5.18. The van der Waals surface area contributed by atoms with Gasteiger partial charge in [-0.05, 0) is 41.0 Å². The first-order valence-electron chi connectivity index (χ1n) is 6.41. The minimum absolute atomic E-state index is 0.0988. The zero-order chi connectivity index (χ0) is 14.7. The highest BCUT2D eigenvalue weighted by Gasteiger charge is 2.22. The molecule has 3 nitrogen and oxygen atoms in total. The zero-order valence-corrected chi connectivity index (χ0v) is 13.7. The second-order valence-electron chi connectivity index (χ2n) is 4.57. The number of nitrogens with one attached hydrogen (secondary N) is 1. The molecule has 1 heterocycles. The number of nitrogens with zero attached hydrogens (tertiary/aromatic N) is 2. The van der Waals surface area contributed by atoms with Gasteiger partial charge in [-0.3, -0.25) is 4.68 Å². The third kappa shape index (κ3) is 3.22. The summed E-state index contributed by atoms with van der Waals surface area (Å²) in [6, 6.07) is 5.06. The Bertz CT molecular complexity index is 600. The van der Waals surface area contributed by atoms with Gasteiger partial charge >= 0.3 is 0 Å². The summed E-state index contributed by atoms with van der Waals surface area (Å²) in [4.78, 5) is 0. The fourth-order valence-corrected chi connectivity index (χ4v) is 2.49. The SMILES string of the molecule is CCCNC(c1ccn(C)n1)c1ccc(Br)c(Cl)c1F. The lowest BCUT2D eigenvalue weighted by Gasteiger charge is -2.18. The monoisotopic (exact) mass is 359 g/mol. The lowest BCUT2D eigenvalue weighted by atomic mass is 10.0. The molecule has 0 aliphatic rings. The summed E-state index contributed by atoms with van der Waals surface area (Å²) in [6.07, 6.45) is 2.80. The lowest BCUT2D eigenvalue weighted by Crippen LogP contribution is -2.24. The van der Waals surface area contributed by atoms with Crippen LogP contribution in [-0.4, -0.2) is 16.3 Å². The van der Waals surface area contributed by atoms with E-state index in [1.165, 1.54) is 0 Å². The summed E-state index contributed by atoms with van der Waals surface area (Å²) in [5.41, 5.74) is 1.28. The van der Waals surface area contributed by atoms with E-state index in [4.69, 9.17) is 11.6 Å².